The number of hydrogen-bond acceptors (Lipinski definition) is 5. The molecular weight excluding hydrogens is 252 g/mol. The van der Waals surface area contributed by atoms with Gasteiger partial charge in [-0.1, -0.05) is 17.4 Å². The predicted molar refractivity (Wildman–Crippen MR) is 71.1 cm³/mol. The number of nitrogens with zero attached hydrogens (tertiary/aromatic N) is 2. The fourth-order valence-corrected chi connectivity index (χ4v) is 2.08. The maximum Gasteiger partial charge on any atom is 0.324 e. The molecule has 18 heavy (non-hydrogen) atoms. The van der Waals surface area contributed by atoms with Gasteiger partial charge in [0.05, 0.1) is 9.80 Å². The number of benzene rings is 1. The van der Waals surface area contributed by atoms with Gasteiger partial charge in [0.1, 0.15) is 11.4 Å². The van der Waals surface area contributed by atoms with Crippen molar-refractivity contribution in [2.45, 2.75) is 6.92 Å². The number of aryl methyl sites for hydroxylation is 1. The standard InChI is InChI=1S/C12H10N2O3S/c1-8-2-4-10(11(15)6-8)13-7-9-3-5-12(18-9)14(16)17/h2-7,15H,1H3. The molecule has 1 aromatic carbocycles. The van der Waals surface area contributed by atoms with Gasteiger partial charge in [-0.05, 0) is 30.7 Å². The van der Waals surface area contributed by atoms with Crippen LogP contribution in [0.5, 0.6) is 5.75 Å². The maximum absolute atomic E-state index is 10.5. The highest BCUT2D eigenvalue weighted by atomic mass is 32.1. The van der Waals surface area contributed by atoms with Gasteiger partial charge >= 0.3 is 5.00 Å². The molecule has 1 N–H and O–H groups in total. The lowest BCUT2D eigenvalue weighted by molar-refractivity contribution is -0.380. The topological polar surface area (TPSA) is 75.7 Å². The van der Waals surface area contributed by atoms with Crippen molar-refractivity contribution < 1.29 is 10.0 Å². The SMILES string of the molecule is Cc1ccc(N=Cc2ccc([N+](=O)[O-])s2)c(O)c1. The number of thiophene rings is 1. The summed E-state index contributed by atoms with van der Waals surface area (Å²) in [7, 11) is 0. The minimum Gasteiger partial charge on any atom is -0.506 e. The third-order valence-corrected chi connectivity index (χ3v) is 3.23. The van der Waals surface area contributed by atoms with Crippen molar-refractivity contribution in [1.82, 2.24) is 0 Å². The summed E-state index contributed by atoms with van der Waals surface area (Å²) in [5.74, 6) is 0.0947. The summed E-state index contributed by atoms with van der Waals surface area (Å²) < 4.78 is 0. The molecule has 0 spiro atoms. The predicted octanol–water partition coefficient (Wildman–Crippen LogP) is 3.42. The molecule has 92 valence electrons. The Kier molecular flexibility index (Phi) is 3.38. The van der Waals surface area contributed by atoms with Crippen LogP contribution in [0.15, 0.2) is 35.3 Å². The highest BCUT2D eigenvalue weighted by molar-refractivity contribution is 7.16. The fourth-order valence-electron chi connectivity index (χ4n) is 1.39. The number of hydrogen-bond donors (Lipinski definition) is 1. The van der Waals surface area contributed by atoms with Gasteiger partial charge in [-0.2, -0.15) is 0 Å². The molecule has 0 radical (unpaired) electrons. The highest BCUT2D eigenvalue weighted by Crippen LogP contribution is 2.28. The smallest absolute Gasteiger partial charge is 0.324 e. The molecule has 0 aliphatic heterocycles. The van der Waals surface area contributed by atoms with Gasteiger partial charge in [-0.25, -0.2) is 0 Å². The van der Waals surface area contributed by atoms with E-state index in [2.05, 4.69) is 4.99 Å². The second-order valence-corrected chi connectivity index (χ2v) is 4.78. The summed E-state index contributed by atoms with van der Waals surface area (Å²) in [6.07, 6.45) is 1.50. The Balaban J connectivity index is 2.21. The summed E-state index contributed by atoms with van der Waals surface area (Å²) in [6.45, 7) is 1.87. The molecule has 1 aromatic heterocycles. The number of aromatic hydroxyl groups is 1. The van der Waals surface area contributed by atoms with E-state index in [1.54, 1.807) is 18.2 Å². The van der Waals surface area contributed by atoms with E-state index in [0.29, 0.717) is 10.6 Å². The molecule has 0 bridgehead atoms. The van der Waals surface area contributed by atoms with Gasteiger partial charge in [-0.3, -0.25) is 15.1 Å². The van der Waals surface area contributed by atoms with E-state index >= 15 is 0 Å². The van der Waals surface area contributed by atoms with Crippen LogP contribution in [0.3, 0.4) is 0 Å². The first-order valence-corrected chi connectivity index (χ1v) is 5.96. The summed E-state index contributed by atoms with van der Waals surface area (Å²) in [4.78, 5) is 14.8. The number of rotatable bonds is 3. The van der Waals surface area contributed by atoms with Gasteiger partial charge < -0.3 is 5.11 Å². The molecule has 0 aliphatic rings. The van der Waals surface area contributed by atoms with Crippen LogP contribution in [-0.2, 0) is 0 Å². The van der Waals surface area contributed by atoms with Crippen molar-refractivity contribution in [1.29, 1.82) is 0 Å². The van der Waals surface area contributed by atoms with E-state index in [-0.39, 0.29) is 10.8 Å². The Labute approximate surface area is 107 Å². The summed E-state index contributed by atoms with van der Waals surface area (Å²) in [5, 5.41) is 20.2. The van der Waals surface area contributed by atoms with Crippen LogP contribution >= 0.6 is 11.3 Å². The third kappa shape index (κ3) is 2.72. The van der Waals surface area contributed by atoms with Crippen LogP contribution in [0.2, 0.25) is 0 Å². The zero-order chi connectivity index (χ0) is 13.1. The average Bonchev–Trinajstić information content (AvgIpc) is 2.76. The maximum atomic E-state index is 10.5. The quantitative estimate of drug-likeness (QED) is 0.523. The lowest BCUT2D eigenvalue weighted by atomic mass is 10.2. The van der Waals surface area contributed by atoms with Crippen molar-refractivity contribution >= 4 is 28.2 Å². The van der Waals surface area contributed by atoms with Crippen molar-refractivity contribution in [3.8, 4) is 5.75 Å². The van der Waals surface area contributed by atoms with E-state index in [0.717, 1.165) is 16.9 Å². The van der Waals surface area contributed by atoms with Gasteiger partial charge in [0.2, 0.25) is 0 Å². The molecular formula is C12H10N2O3S. The zero-order valence-electron chi connectivity index (χ0n) is 9.53. The van der Waals surface area contributed by atoms with Crippen LogP contribution in [0.25, 0.3) is 0 Å². The Bertz CT molecular complexity index is 620. The summed E-state index contributed by atoms with van der Waals surface area (Å²) >= 11 is 1.04. The van der Waals surface area contributed by atoms with Crippen LogP contribution in [-0.4, -0.2) is 16.2 Å². The van der Waals surface area contributed by atoms with Crippen LogP contribution in [0.4, 0.5) is 10.7 Å². The minimum absolute atomic E-state index is 0.0737. The van der Waals surface area contributed by atoms with Crippen LogP contribution < -0.4 is 0 Å². The highest BCUT2D eigenvalue weighted by Gasteiger charge is 2.08. The molecule has 2 rings (SSSR count). The first-order valence-electron chi connectivity index (χ1n) is 5.14. The molecule has 2 aromatic rings. The van der Waals surface area contributed by atoms with E-state index in [1.165, 1.54) is 12.3 Å². The van der Waals surface area contributed by atoms with Crippen LogP contribution in [0.1, 0.15) is 10.4 Å². The normalized spacial score (nSPS) is 10.9. The van der Waals surface area contributed by atoms with Gasteiger partial charge in [0.25, 0.3) is 0 Å². The molecule has 0 unspecified atom stereocenters. The van der Waals surface area contributed by atoms with Gasteiger partial charge in [0, 0.05) is 12.3 Å². The Morgan fingerprint density at radius 3 is 2.78 bits per heavy atom. The van der Waals surface area contributed by atoms with Gasteiger partial charge in [-0.15, -0.1) is 0 Å². The molecule has 5 nitrogen and oxygen atoms in total. The molecule has 0 aliphatic carbocycles. The third-order valence-electron chi connectivity index (χ3n) is 2.25. The van der Waals surface area contributed by atoms with Gasteiger partial charge in [0.15, 0.2) is 0 Å². The Morgan fingerprint density at radius 1 is 1.39 bits per heavy atom. The monoisotopic (exact) mass is 262 g/mol. The van der Waals surface area contributed by atoms with Crippen molar-refractivity contribution in [3.63, 3.8) is 0 Å². The molecule has 0 atom stereocenters. The number of phenols is 1. The number of aliphatic imine (C=N–C) groups is 1. The summed E-state index contributed by atoms with van der Waals surface area (Å²) in [6, 6.07) is 8.20. The summed E-state index contributed by atoms with van der Waals surface area (Å²) in [5.41, 5.74) is 1.38. The minimum atomic E-state index is -0.439. The lowest BCUT2D eigenvalue weighted by Crippen LogP contribution is -1.80. The lowest BCUT2D eigenvalue weighted by Gasteiger charge is -1.98. The molecule has 6 heteroatoms. The van der Waals surface area contributed by atoms with Crippen LogP contribution in [0, 0.1) is 17.0 Å². The van der Waals surface area contributed by atoms with Crippen molar-refractivity contribution in [3.05, 3.63) is 50.9 Å². The number of nitro groups is 1. The second-order valence-electron chi connectivity index (χ2n) is 3.68. The van der Waals surface area contributed by atoms with Crippen molar-refractivity contribution in [2.24, 2.45) is 4.99 Å². The second kappa shape index (κ2) is 4.97. The fraction of sp³-hybridized carbons (Fsp3) is 0.0833. The van der Waals surface area contributed by atoms with E-state index in [9.17, 15) is 15.2 Å². The Hall–Kier alpha value is -2.21. The van der Waals surface area contributed by atoms with E-state index in [1.807, 2.05) is 13.0 Å². The molecule has 0 saturated heterocycles. The molecule has 0 fully saturated rings. The first-order chi connectivity index (χ1) is 8.56. The van der Waals surface area contributed by atoms with E-state index < -0.39 is 4.92 Å². The largest absolute Gasteiger partial charge is 0.506 e. The molecule has 1 heterocycles. The molecule has 0 saturated carbocycles. The zero-order valence-corrected chi connectivity index (χ0v) is 10.3. The number of phenolic OH excluding ortho intramolecular Hbond substituents is 1. The average molecular weight is 262 g/mol. The molecule has 0 amide bonds. The Morgan fingerprint density at radius 2 is 2.17 bits per heavy atom. The first kappa shape index (κ1) is 12.3. The van der Waals surface area contributed by atoms with E-state index in [4.69, 9.17) is 0 Å². The van der Waals surface area contributed by atoms with Crippen molar-refractivity contribution in [2.75, 3.05) is 0 Å².